The lowest BCUT2D eigenvalue weighted by molar-refractivity contribution is 0.0914. The van der Waals surface area contributed by atoms with Gasteiger partial charge < -0.3 is 9.73 Å². The third-order valence-corrected chi connectivity index (χ3v) is 3.20. The molecule has 0 aliphatic rings. The molecule has 2 aromatic heterocycles. The monoisotopic (exact) mass is 266 g/mol. The lowest BCUT2D eigenvalue weighted by atomic mass is 10.1. The van der Waals surface area contributed by atoms with Crippen molar-refractivity contribution >= 4 is 16.9 Å². The number of fused-ring (bicyclic) bond motifs is 1. The van der Waals surface area contributed by atoms with Gasteiger partial charge in [0.15, 0.2) is 5.76 Å². The Kier molecular flexibility index (Phi) is 3.21. The Bertz CT molecular complexity index is 701. The van der Waals surface area contributed by atoms with Crippen molar-refractivity contribution in [3.05, 3.63) is 66.2 Å². The second kappa shape index (κ2) is 5.17. The third kappa shape index (κ3) is 2.40. The molecular formula is C16H14N2O2. The maximum atomic E-state index is 12.2. The first-order valence-electron chi connectivity index (χ1n) is 6.43. The molecule has 3 rings (SSSR count). The van der Waals surface area contributed by atoms with E-state index in [1.807, 2.05) is 43.3 Å². The summed E-state index contributed by atoms with van der Waals surface area (Å²) in [6.07, 6.45) is 3.42. The Labute approximate surface area is 116 Å². The van der Waals surface area contributed by atoms with E-state index in [1.165, 1.54) is 0 Å². The predicted octanol–water partition coefficient (Wildman–Crippen LogP) is 3.32. The number of nitrogens with zero attached hydrogens (tertiary/aromatic N) is 1. The highest BCUT2D eigenvalue weighted by Crippen LogP contribution is 2.19. The van der Waals surface area contributed by atoms with Gasteiger partial charge in [0.2, 0.25) is 0 Å². The predicted molar refractivity (Wildman–Crippen MR) is 76.3 cm³/mol. The Morgan fingerprint density at radius 1 is 1.20 bits per heavy atom. The highest BCUT2D eigenvalue weighted by molar-refractivity contribution is 5.96. The number of hydrogen-bond donors (Lipinski definition) is 1. The van der Waals surface area contributed by atoms with E-state index in [-0.39, 0.29) is 11.9 Å². The van der Waals surface area contributed by atoms with Gasteiger partial charge in [0.05, 0.1) is 6.04 Å². The molecule has 0 aliphatic heterocycles. The number of para-hydroxylation sites is 1. The quantitative estimate of drug-likeness (QED) is 0.791. The number of rotatable bonds is 3. The highest BCUT2D eigenvalue weighted by atomic mass is 16.3. The fourth-order valence-corrected chi connectivity index (χ4v) is 2.10. The van der Waals surface area contributed by atoms with Gasteiger partial charge in [0.1, 0.15) is 5.58 Å². The molecule has 1 aromatic carbocycles. The van der Waals surface area contributed by atoms with Crippen molar-refractivity contribution in [3.8, 4) is 0 Å². The van der Waals surface area contributed by atoms with Gasteiger partial charge in [-0.3, -0.25) is 9.78 Å². The molecule has 0 spiro atoms. The van der Waals surface area contributed by atoms with Crippen molar-refractivity contribution in [1.82, 2.24) is 10.3 Å². The fourth-order valence-electron chi connectivity index (χ4n) is 2.10. The zero-order chi connectivity index (χ0) is 13.9. The maximum absolute atomic E-state index is 12.2. The molecule has 1 N–H and O–H groups in total. The minimum atomic E-state index is -0.217. The first kappa shape index (κ1) is 12.4. The van der Waals surface area contributed by atoms with E-state index in [2.05, 4.69) is 10.3 Å². The number of benzene rings is 1. The van der Waals surface area contributed by atoms with Crippen LogP contribution in [0.4, 0.5) is 0 Å². The molecule has 0 saturated heterocycles. The van der Waals surface area contributed by atoms with E-state index in [4.69, 9.17) is 4.42 Å². The summed E-state index contributed by atoms with van der Waals surface area (Å²) in [5.41, 5.74) is 1.72. The topological polar surface area (TPSA) is 55.1 Å². The summed E-state index contributed by atoms with van der Waals surface area (Å²) in [6.45, 7) is 1.93. The van der Waals surface area contributed by atoms with Gasteiger partial charge in [-0.05, 0) is 36.8 Å². The molecule has 0 fully saturated rings. The minimum Gasteiger partial charge on any atom is -0.451 e. The van der Waals surface area contributed by atoms with Crippen LogP contribution < -0.4 is 5.32 Å². The van der Waals surface area contributed by atoms with Crippen molar-refractivity contribution in [2.45, 2.75) is 13.0 Å². The molecule has 1 amide bonds. The number of hydrogen-bond acceptors (Lipinski definition) is 3. The van der Waals surface area contributed by atoms with Gasteiger partial charge >= 0.3 is 0 Å². The van der Waals surface area contributed by atoms with E-state index in [0.29, 0.717) is 11.3 Å². The van der Waals surface area contributed by atoms with Crippen LogP contribution in [0.1, 0.15) is 29.1 Å². The summed E-state index contributed by atoms with van der Waals surface area (Å²) in [6, 6.07) is 13.0. The number of aromatic nitrogens is 1. The zero-order valence-corrected chi connectivity index (χ0v) is 11.0. The van der Waals surface area contributed by atoms with Crippen LogP contribution in [0.5, 0.6) is 0 Å². The Hall–Kier alpha value is -2.62. The molecule has 0 bridgehead atoms. The van der Waals surface area contributed by atoms with Crippen LogP contribution in [-0.4, -0.2) is 10.9 Å². The first-order chi connectivity index (χ1) is 9.74. The van der Waals surface area contributed by atoms with Gasteiger partial charge in [-0.25, -0.2) is 0 Å². The fraction of sp³-hybridized carbons (Fsp3) is 0.125. The van der Waals surface area contributed by atoms with Crippen molar-refractivity contribution in [2.24, 2.45) is 0 Å². The molecule has 3 aromatic rings. The smallest absolute Gasteiger partial charge is 0.287 e. The summed E-state index contributed by atoms with van der Waals surface area (Å²) in [7, 11) is 0. The Morgan fingerprint density at radius 2 is 1.95 bits per heavy atom. The van der Waals surface area contributed by atoms with Gasteiger partial charge in [0, 0.05) is 17.8 Å². The van der Waals surface area contributed by atoms with E-state index >= 15 is 0 Å². The Morgan fingerprint density at radius 3 is 2.70 bits per heavy atom. The maximum Gasteiger partial charge on any atom is 0.287 e. The summed E-state index contributed by atoms with van der Waals surface area (Å²) < 4.78 is 5.54. The van der Waals surface area contributed by atoms with Crippen molar-refractivity contribution in [2.75, 3.05) is 0 Å². The van der Waals surface area contributed by atoms with E-state index < -0.39 is 0 Å². The summed E-state index contributed by atoms with van der Waals surface area (Å²) in [5.74, 6) is 0.109. The van der Waals surface area contributed by atoms with Gasteiger partial charge in [0.25, 0.3) is 5.91 Å². The van der Waals surface area contributed by atoms with Crippen LogP contribution in [0, 0.1) is 0 Å². The second-order valence-corrected chi connectivity index (χ2v) is 4.62. The molecule has 100 valence electrons. The van der Waals surface area contributed by atoms with E-state index in [9.17, 15) is 4.79 Å². The molecular weight excluding hydrogens is 252 g/mol. The third-order valence-electron chi connectivity index (χ3n) is 3.20. The summed E-state index contributed by atoms with van der Waals surface area (Å²) >= 11 is 0. The molecule has 0 radical (unpaired) electrons. The number of nitrogens with one attached hydrogen (secondary N) is 1. The molecule has 1 unspecified atom stereocenters. The lowest BCUT2D eigenvalue weighted by Crippen LogP contribution is -2.26. The van der Waals surface area contributed by atoms with Crippen molar-refractivity contribution in [3.63, 3.8) is 0 Å². The van der Waals surface area contributed by atoms with Gasteiger partial charge in [-0.1, -0.05) is 18.2 Å². The normalized spacial score (nSPS) is 12.2. The Balaban J connectivity index is 1.79. The van der Waals surface area contributed by atoms with Crippen LogP contribution >= 0.6 is 0 Å². The van der Waals surface area contributed by atoms with Crippen LogP contribution in [0.3, 0.4) is 0 Å². The van der Waals surface area contributed by atoms with Gasteiger partial charge in [-0.15, -0.1) is 0 Å². The summed E-state index contributed by atoms with van der Waals surface area (Å²) in [5, 5.41) is 3.84. The van der Waals surface area contributed by atoms with Crippen LogP contribution in [0.25, 0.3) is 11.0 Å². The number of pyridine rings is 1. The number of carbonyl (C=O) groups is 1. The molecule has 0 aliphatic carbocycles. The largest absolute Gasteiger partial charge is 0.451 e. The van der Waals surface area contributed by atoms with Crippen LogP contribution in [0.15, 0.2) is 59.3 Å². The van der Waals surface area contributed by atoms with Crippen LogP contribution in [0.2, 0.25) is 0 Å². The molecule has 0 saturated carbocycles. The molecule has 1 atom stereocenters. The first-order valence-corrected chi connectivity index (χ1v) is 6.43. The number of amides is 1. The molecule has 4 heteroatoms. The molecule has 20 heavy (non-hydrogen) atoms. The molecule has 2 heterocycles. The summed E-state index contributed by atoms with van der Waals surface area (Å²) in [4.78, 5) is 16.1. The van der Waals surface area contributed by atoms with E-state index in [0.717, 1.165) is 10.9 Å². The molecule has 4 nitrogen and oxygen atoms in total. The minimum absolute atomic E-state index is 0.0984. The van der Waals surface area contributed by atoms with Crippen molar-refractivity contribution < 1.29 is 9.21 Å². The average molecular weight is 266 g/mol. The lowest BCUT2D eigenvalue weighted by Gasteiger charge is -2.12. The van der Waals surface area contributed by atoms with Crippen molar-refractivity contribution in [1.29, 1.82) is 0 Å². The number of furan rings is 1. The van der Waals surface area contributed by atoms with Gasteiger partial charge in [-0.2, -0.15) is 0 Å². The SMILES string of the molecule is CC(NC(=O)c1cc2ccccc2o1)c1ccncc1. The highest BCUT2D eigenvalue weighted by Gasteiger charge is 2.15. The van der Waals surface area contributed by atoms with E-state index in [1.54, 1.807) is 18.5 Å². The number of carbonyl (C=O) groups excluding carboxylic acids is 1. The second-order valence-electron chi connectivity index (χ2n) is 4.62. The average Bonchev–Trinajstić information content (AvgIpc) is 2.92. The van der Waals surface area contributed by atoms with Crippen LogP contribution in [-0.2, 0) is 0 Å². The zero-order valence-electron chi connectivity index (χ0n) is 11.0. The standard InChI is InChI=1S/C16H14N2O2/c1-11(12-6-8-17-9-7-12)18-16(19)15-10-13-4-2-3-5-14(13)20-15/h2-11H,1H3,(H,18,19).